The smallest absolute Gasteiger partial charge is 0.305 e. The normalized spacial score (nSPS) is 10.2. The van der Waals surface area contributed by atoms with Gasteiger partial charge >= 0.3 is 5.97 Å². The lowest BCUT2D eigenvalue weighted by Gasteiger charge is -2.08. The molecule has 0 fully saturated rings. The monoisotopic (exact) mass is 162 g/mol. The Hall–Kier alpha value is -0.610. The molecule has 0 amide bonds. The first kappa shape index (κ1) is 10.4. The molecule has 0 spiro atoms. The molecule has 4 heteroatoms. The van der Waals surface area contributed by atoms with Gasteiger partial charge in [-0.2, -0.15) is 0 Å². The zero-order valence-electron chi connectivity index (χ0n) is 6.62. The summed E-state index contributed by atoms with van der Waals surface area (Å²) in [4.78, 5) is 10.6. The van der Waals surface area contributed by atoms with Crippen LogP contribution in [-0.4, -0.2) is 36.5 Å². The summed E-state index contributed by atoms with van der Waals surface area (Å²) in [5, 5.41) is 17.2. The summed E-state index contributed by atoms with van der Waals surface area (Å²) in [5.74, 6) is -0.508. The minimum absolute atomic E-state index is 0.0898. The fourth-order valence-electron chi connectivity index (χ4n) is 0.664. The number of carbonyl (C=O) groups is 1. The van der Waals surface area contributed by atoms with E-state index in [1.807, 2.05) is 0 Å². The van der Waals surface area contributed by atoms with Gasteiger partial charge in [-0.1, -0.05) is 0 Å². The summed E-state index contributed by atoms with van der Waals surface area (Å²) in [6, 6.07) is 0. The van der Waals surface area contributed by atoms with E-state index in [1.165, 1.54) is 7.11 Å². The van der Waals surface area contributed by atoms with Gasteiger partial charge in [0.15, 0.2) is 0 Å². The van der Waals surface area contributed by atoms with Gasteiger partial charge in [0.05, 0.1) is 7.11 Å². The molecule has 0 saturated heterocycles. The van der Waals surface area contributed by atoms with Crippen LogP contribution in [0.15, 0.2) is 0 Å². The molecular weight excluding hydrogens is 148 g/mol. The SMILES string of the molecule is COC(=O)CCC(CO)CO. The van der Waals surface area contributed by atoms with Gasteiger partial charge in [-0.25, -0.2) is 0 Å². The molecule has 0 aliphatic heterocycles. The molecule has 0 aliphatic rings. The Morgan fingerprint density at radius 2 is 2.00 bits per heavy atom. The highest BCUT2D eigenvalue weighted by atomic mass is 16.5. The zero-order chi connectivity index (χ0) is 8.69. The Balaban J connectivity index is 3.42. The van der Waals surface area contributed by atoms with E-state index in [4.69, 9.17) is 10.2 Å². The second kappa shape index (κ2) is 6.12. The molecule has 66 valence electrons. The standard InChI is InChI=1S/C7H14O4/c1-11-7(10)3-2-6(4-8)5-9/h6,8-9H,2-5H2,1H3. The molecular formula is C7H14O4. The summed E-state index contributed by atoms with van der Waals surface area (Å²) in [6.07, 6.45) is 0.724. The van der Waals surface area contributed by atoms with Crippen LogP contribution in [-0.2, 0) is 9.53 Å². The number of hydrogen-bond acceptors (Lipinski definition) is 4. The van der Waals surface area contributed by atoms with Crippen molar-refractivity contribution in [1.82, 2.24) is 0 Å². The van der Waals surface area contributed by atoms with Crippen LogP contribution in [0.25, 0.3) is 0 Å². The second-order valence-corrected chi connectivity index (χ2v) is 2.35. The van der Waals surface area contributed by atoms with Crippen LogP contribution in [0, 0.1) is 5.92 Å². The number of methoxy groups -OCH3 is 1. The van der Waals surface area contributed by atoms with Crippen LogP contribution in [0.2, 0.25) is 0 Å². The lowest BCUT2D eigenvalue weighted by molar-refractivity contribution is -0.141. The maximum Gasteiger partial charge on any atom is 0.305 e. The molecule has 0 aromatic heterocycles. The Kier molecular flexibility index (Phi) is 5.78. The van der Waals surface area contributed by atoms with Crippen molar-refractivity contribution in [3.05, 3.63) is 0 Å². The Bertz CT molecular complexity index is 109. The van der Waals surface area contributed by atoms with Gasteiger partial charge in [-0.05, 0) is 6.42 Å². The molecule has 4 nitrogen and oxygen atoms in total. The van der Waals surface area contributed by atoms with Crippen LogP contribution < -0.4 is 0 Å². The molecule has 0 saturated carbocycles. The molecule has 0 bridgehead atoms. The number of aliphatic hydroxyl groups is 2. The first-order chi connectivity index (χ1) is 5.24. The molecule has 0 atom stereocenters. The Morgan fingerprint density at radius 3 is 2.36 bits per heavy atom. The van der Waals surface area contributed by atoms with Gasteiger partial charge in [0.2, 0.25) is 0 Å². The van der Waals surface area contributed by atoms with Gasteiger partial charge in [0.1, 0.15) is 0 Å². The highest BCUT2D eigenvalue weighted by molar-refractivity contribution is 5.69. The van der Waals surface area contributed by atoms with E-state index in [0.29, 0.717) is 6.42 Å². The molecule has 0 aliphatic carbocycles. The molecule has 2 N–H and O–H groups in total. The van der Waals surface area contributed by atoms with Gasteiger partial charge in [-0.15, -0.1) is 0 Å². The summed E-state index contributed by atoms with van der Waals surface area (Å²) in [7, 11) is 1.31. The van der Waals surface area contributed by atoms with Crippen molar-refractivity contribution in [2.75, 3.05) is 20.3 Å². The number of ether oxygens (including phenoxy) is 1. The summed E-state index contributed by atoms with van der Waals surface area (Å²) in [5.41, 5.74) is 0. The van der Waals surface area contributed by atoms with Crippen molar-refractivity contribution in [3.8, 4) is 0 Å². The molecule has 0 heterocycles. The minimum atomic E-state index is -0.308. The third kappa shape index (κ3) is 4.75. The number of hydrogen-bond donors (Lipinski definition) is 2. The maximum atomic E-state index is 10.6. The Morgan fingerprint density at radius 1 is 1.45 bits per heavy atom. The van der Waals surface area contributed by atoms with Crippen molar-refractivity contribution < 1.29 is 19.7 Å². The molecule has 0 unspecified atom stereocenters. The van der Waals surface area contributed by atoms with Crippen molar-refractivity contribution in [2.24, 2.45) is 5.92 Å². The van der Waals surface area contributed by atoms with E-state index < -0.39 is 0 Å². The molecule has 0 aromatic rings. The van der Waals surface area contributed by atoms with Crippen molar-refractivity contribution in [3.63, 3.8) is 0 Å². The average molecular weight is 162 g/mol. The molecule has 0 rings (SSSR count). The fraction of sp³-hybridized carbons (Fsp3) is 0.857. The molecule has 11 heavy (non-hydrogen) atoms. The first-order valence-corrected chi connectivity index (χ1v) is 3.53. The van der Waals surface area contributed by atoms with Crippen LogP contribution in [0.1, 0.15) is 12.8 Å². The van der Waals surface area contributed by atoms with E-state index in [-0.39, 0.29) is 31.5 Å². The van der Waals surface area contributed by atoms with E-state index in [2.05, 4.69) is 4.74 Å². The van der Waals surface area contributed by atoms with E-state index in [9.17, 15) is 4.79 Å². The van der Waals surface area contributed by atoms with E-state index >= 15 is 0 Å². The highest BCUT2D eigenvalue weighted by Gasteiger charge is 2.08. The Labute approximate surface area is 65.8 Å². The van der Waals surface area contributed by atoms with Crippen LogP contribution in [0.3, 0.4) is 0 Å². The lowest BCUT2D eigenvalue weighted by Crippen LogP contribution is -2.13. The second-order valence-electron chi connectivity index (χ2n) is 2.35. The third-order valence-corrected chi connectivity index (χ3v) is 1.50. The highest BCUT2D eigenvalue weighted by Crippen LogP contribution is 2.04. The molecule has 0 aromatic carbocycles. The van der Waals surface area contributed by atoms with Gasteiger partial charge in [0, 0.05) is 25.6 Å². The third-order valence-electron chi connectivity index (χ3n) is 1.50. The lowest BCUT2D eigenvalue weighted by atomic mass is 10.1. The van der Waals surface area contributed by atoms with Crippen molar-refractivity contribution in [2.45, 2.75) is 12.8 Å². The predicted octanol–water partition coefficient (Wildman–Crippen LogP) is -0.460. The first-order valence-electron chi connectivity index (χ1n) is 3.53. The van der Waals surface area contributed by atoms with Gasteiger partial charge in [0.25, 0.3) is 0 Å². The number of carbonyl (C=O) groups excluding carboxylic acids is 1. The van der Waals surface area contributed by atoms with Crippen LogP contribution >= 0.6 is 0 Å². The number of esters is 1. The minimum Gasteiger partial charge on any atom is -0.469 e. The zero-order valence-corrected chi connectivity index (χ0v) is 6.62. The van der Waals surface area contributed by atoms with E-state index in [1.54, 1.807) is 0 Å². The van der Waals surface area contributed by atoms with Crippen molar-refractivity contribution >= 4 is 5.97 Å². The predicted molar refractivity (Wildman–Crippen MR) is 38.9 cm³/mol. The summed E-state index contributed by atoms with van der Waals surface area (Å²) in [6.45, 7) is -0.180. The average Bonchev–Trinajstić information content (AvgIpc) is 2.06. The maximum absolute atomic E-state index is 10.6. The van der Waals surface area contributed by atoms with Gasteiger partial charge < -0.3 is 14.9 Å². The van der Waals surface area contributed by atoms with Gasteiger partial charge in [-0.3, -0.25) is 4.79 Å². The number of rotatable bonds is 5. The summed E-state index contributed by atoms with van der Waals surface area (Å²) < 4.78 is 4.39. The topological polar surface area (TPSA) is 66.8 Å². The van der Waals surface area contributed by atoms with Crippen LogP contribution in [0.5, 0.6) is 0 Å². The van der Waals surface area contributed by atoms with E-state index in [0.717, 1.165) is 0 Å². The largest absolute Gasteiger partial charge is 0.469 e. The number of aliphatic hydroxyl groups excluding tert-OH is 2. The quantitative estimate of drug-likeness (QED) is 0.537. The molecule has 0 radical (unpaired) electrons. The fourth-order valence-corrected chi connectivity index (χ4v) is 0.664. The van der Waals surface area contributed by atoms with Crippen LogP contribution in [0.4, 0.5) is 0 Å². The van der Waals surface area contributed by atoms with Crippen molar-refractivity contribution in [1.29, 1.82) is 0 Å². The summed E-state index contributed by atoms with van der Waals surface area (Å²) >= 11 is 0.